The molecule has 1 aromatic carbocycles. The maximum atomic E-state index is 11.1. The van der Waals surface area contributed by atoms with E-state index in [9.17, 15) is 13.5 Å². The molecule has 0 saturated carbocycles. The van der Waals surface area contributed by atoms with Crippen LogP contribution in [0.3, 0.4) is 0 Å². The summed E-state index contributed by atoms with van der Waals surface area (Å²) in [6, 6.07) is 4.99. The minimum atomic E-state index is -3.17. The van der Waals surface area contributed by atoms with Gasteiger partial charge >= 0.3 is 0 Å². The van der Waals surface area contributed by atoms with Crippen LogP contribution in [0.5, 0.6) is 5.75 Å². The topological polar surface area (TPSA) is 123 Å². The van der Waals surface area contributed by atoms with E-state index in [1.165, 1.54) is 0 Å². The predicted molar refractivity (Wildman–Crippen MR) is 103 cm³/mol. The lowest BCUT2D eigenvalue weighted by atomic mass is 10.1. The van der Waals surface area contributed by atoms with Crippen LogP contribution in [0.4, 0.5) is 5.82 Å². The number of rotatable bonds is 7. The number of benzene rings is 1. The number of pyridine rings is 1. The smallest absolute Gasteiger partial charge is 0.208 e. The van der Waals surface area contributed by atoms with Crippen molar-refractivity contribution in [1.29, 1.82) is 0 Å². The number of nitrogens with zero attached hydrogens (tertiary/aromatic N) is 3. The maximum Gasteiger partial charge on any atom is 0.208 e. The standard InChI is InChI=1S/C17H23N5O3S/c1-3-14-21-15-16(22(14)9-5-4-8-19-26(2,24)25)12-10-11(23)6-7-13(12)20-17(15)18/h6-7,10,19,23H,3-5,8-9H2,1-2H3,(H2,18,20). The highest BCUT2D eigenvalue weighted by Crippen LogP contribution is 2.31. The fourth-order valence-electron chi connectivity index (χ4n) is 3.11. The molecule has 140 valence electrons. The van der Waals surface area contributed by atoms with Crippen LogP contribution in [0.2, 0.25) is 0 Å². The average Bonchev–Trinajstić information content (AvgIpc) is 2.94. The van der Waals surface area contributed by atoms with E-state index in [4.69, 9.17) is 5.73 Å². The molecule has 2 aromatic heterocycles. The molecule has 3 rings (SSSR count). The van der Waals surface area contributed by atoms with Crippen LogP contribution in [0.25, 0.3) is 21.9 Å². The number of fused-ring (bicyclic) bond motifs is 3. The van der Waals surface area contributed by atoms with Crippen molar-refractivity contribution >= 4 is 37.8 Å². The van der Waals surface area contributed by atoms with Crippen LogP contribution in [0, 0.1) is 0 Å². The highest BCUT2D eigenvalue weighted by atomic mass is 32.2. The molecule has 0 spiro atoms. The van der Waals surface area contributed by atoms with Crippen LogP contribution in [-0.4, -0.2) is 40.9 Å². The third kappa shape index (κ3) is 3.73. The number of hydrogen-bond donors (Lipinski definition) is 3. The number of nitrogens with one attached hydrogen (secondary N) is 1. The summed E-state index contributed by atoms with van der Waals surface area (Å²) in [5.74, 6) is 1.42. The van der Waals surface area contributed by atoms with Crippen molar-refractivity contribution in [2.75, 3.05) is 18.5 Å². The molecule has 2 heterocycles. The van der Waals surface area contributed by atoms with E-state index in [1.54, 1.807) is 18.2 Å². The van der Waals surface area contributed by atoms with E-state index in [-0.39, 0.29) is 5.75 Å². The van der Waals surface area contributed by atoms with E-state index in [0.717, 1.165) is 35.8 Å². The highest BCUT2D eigenvalue weighted by Gasteiger charge is 2.16. The Bertz CT molecular complexity index is 1060. The summed E-state index contributed by atoms with van der Waals surface area (Å²) in [7, 11) is -3.17. The Morgan fingerprint density at radius 1 is 1.27 bits per heavy atom. The first kappa shape index (κ1) is 18.4. The molecule has 0 aliphatic carbocycles. The first-order valence-corrected chi connectivity index (χ1v) is 10.4. The van der Waals surface area contributed by atoms with Crippen LogP contribution in [0.1, 0.15) is 25.6 Å². The zero-order valence-corrected chi connectivity index (χ0v) is 15.7. The Kier molecular flexibility index (Phi) is 5.01. The fourth-order valence-corrected chi connectivity index (χ4v) is 3.62. The molecule has 0 atom stereocenters. The lowest BCUT2D eigenvalue weighted by Crippen LogP contribution is -2.23. The Labute approximate surface area is 152 Å². The maximum absolute atomic E-state index is 11.1. The predicted octanol–water partition coefficient (Wildman–Crippen LogP) is 1.76. The number of phenolic OH excluding ortho intramolecular Hbond substituents is 1. The number of unbranched alkanes of at least 4 members (excludes halogenated alkanes) is 1. The number of phenols is 1. The number of aryl methyl sites for hydroxylation is 2. The van der Waals surface area contributed by atoms with E-state index in [0.29, 0.717) is 36.4 Å². The molecule has 0 unspecified atom stereocenters. The monoisotopic (exact) mass is 377 g/mol. The highest BCUT2D eigenvalue weighted by molar-refractivity contribution is 7.88. The number of aromatic nitrogens is 3. The second kappa shape index (κ2) is 7.08. The van der Waals surface area contributed by atoms with Gasteiger partial charge in [0.05, 0.1) is 17.3 Å². The number of aromatic hydroxyl groups is 1. The van der Waals surface area contributed by atoms with Gasteiger partial charge in [-0.2, -0.15) is 0 Å². The molecule has 0 saturated heterocycles. The number of imidazole rings is 1. The van der Waals surface area contributed by atoms with Crippen molar-refractivity contribution in [3.8, 4) is 5.75 Å². The van der Waals surface area contributed by atoms with E-state index in [2.05, 4.69) is 19.3 Å². The Morgan fingerprint density at radius 3 is 2.73 bits per heavy atom. The molecule has 26 heavy (non-hydrogen) atoms. The Hall–Kier alpha value is -2.39. The first-order valence-electron chi connectivity index (χ1n) is 8.52. The molecule has 0 aliphatic heterocycles. The summed E-state index contributed by atoms with van der Waals surface area (Å²) in [5, 5.41) is 10.7. The normalized spacial score (nSPS) is 12.2. The van der Waals surface area contributed by atoms with Gasteiger partial charge in [-0.25, -0.2) is 23.1 Å². The number of sulfonamides is 1. The second-order valence-electron chi connectivity index (χ2n) is 6.30. The SMILES string of the molecule is CCc1nc2c(N)nc3ccc(O)cc3c2n1CCCCNS(C)(=O)=O. The Morgan fingerprint density at radius 2 is 2.04 bits per heavy atom. The van der Waals surface area contributed by atoms with Crippen LogP contribution in [-0.2, 0) is 23.0 Å². The van der Waals surface area contributed by atoms with Gasteiger partial charge in [-0.1, -0.05) is 6.92 Å². The van der Waals surface area contributed by atoms with Gasteiger partial charge < -0.3 is 15.4 Å². The minimum Gasteiger partial charge on any atom is -0.508 e. The molecule has 4 N–H and O–H groups in total. The van der Waals surface area contributed by atoms with Gasteiger partial charge in [-0.05, 0) is 31.0 Å². The van der Waals surface area contributed by atoms with Gasteiger partial charge in [0.25, 0.3) is 0 Å². The Balaban J connectivity index is 1.97. The third-order valence-corrected chi connectivity index (χ3v) is 4.98. The summed E-state index contributed by atoms with van der Waals surface area (Å²) in [6.45, 7) is 3.10. The van der Waals surface area contributed by atoms with Gasteiger partial charge in [0.15, 0.2) is 5.82 Å². The van der Waals surface area contributed by atoms with E-state index in [1.807, 2.05) is 6.92 Å². The van der Waals surface area contributed by atoms with Crippen molar-refractivity contribution in [2.24, 2.45) is 0 Å². The van der Waals surface area contributed by atoms with Gasteiger partial charge in [0.2, 0.25) is 10.0 Å². The molecular formula is C17H23N5O3S. The van der Waals surface area contributed by atoms with E-state index < -0.39 is 10.0 Å². The molecular weight excluding hydrogens is 354 g/mol. The fraction of sp³-hybridized carbons (Fsp3) is 0.412. The van der Waals surface area contributed by atoms with Gasteiger partial charge in [-0.15, -0.1) is 0 Å². The van der Waals surface area contributed by atoms with Crippen molar-refractivity contribution in [2.45, 2.75) is 32.7 Å². The number of anilines is 1. The number of nitrogen functional groups attached to an aromatic ring is 1. The van der Waals surface area contributed by atoms with Crippen molar-refractivity contribution in [1.82, 2.24) is 19.3 Å². The number of nitrogens with two attached hydrogens (primary N) is 1. The minimum absolute atomic E-state index is 0.161. The summed E-state index contributed by atoms with van der Waals surface area (Å²) in [4.78, 5) is 9.02. The van der Waals surface area contributed by atoms with Crippen molar-refractivity contribution in [3.05, 3.63) is 24.0 Å². The largest absolute Gasteiger partial charge is 0.508 e. The molecule has 0 amide bonds. The zero-order valence-electron chi connectivity index (χ0n) is 14.9. The molecule has 0 aliphatic rings. The van der Waals surface area contributed by atoms with Crippen LogP contribution < -0.4 is 10.5 Å². The van der Waals surface area contributed by atoms with Gasteiger partial charge in [0, 0.05) is 24.9 Å². The lowest BCUT2D eigenvalue weighted by Gasteiger charge is -2.10. The average molecular weight is 377 g/mol. The first-order chi connectivity index (χ1) is 12.3. The molecule has 0 radical (unpaired) electrons. The molecule has 9 heteroatoms. The zero-order chi connectivity index (χ0) is 18.9. The van der Waals surface area contributed by atoms with E-state index >= 15 is 0 Å². The molecule has 0 fully saturated rings. The summed E-state index contributed by atoms with van der Waals surface area (Å²) in [5.41, 5.74) is 8.29. The lowest BCUT2D eigenvalue weighted by molar-refractivity contribution is 0.476. The second-order valence-corrected chi connectivity index (χ2v) is 8.14. The number of hydrogen-bond acceptors (Lipinski definition) is 6. The molecule has 0 bridgehead atoms. The van der Waals surface area contributed by atoms with Gasteiger partial charge in [0.1, 0.15) is 17.1 Å². The van der Waals surface area contributed by atoms with Crippen molar-refractivity contribution in [3.63, 3.8) is 0 Å². The molecule has 8 nitrogen and oxygen atoms in total. The summed E-state index contributed by atoms with van der Waals surface area (Å²) in [6.07, 6.45) is 3.37. The van der Waals surface area contributed by atoms with Crippen LogP contribution >= 0.6 is 0 Å². The molecule has 3 aromatic rings. The summed E-state index contributed by atoms with van der Waals surface area (Å²) >= 11 is 0. The van der Waals surface area contributed by atoms with Crippen molar-refractivity contribution < 1.29 is 13.5 Å². The third-order valence-electron chi connectivity index (χ3n) is 4.25. The van der Waals surface area contributed by atoms with Gasteiger partial charge in [-0.3, -0.25) is 0 Å². The van der Waals surface area contributed by atoms with Crippen LogP contribution in [0.15, 0.2) is 18.2 Å². The summed E-state index contributed by atoms with van der Waals surface area (Å²) < 4.78 is 26.9. The quantitative estimate of drug-likeness (QED) is 0.539.